The van der Waals surface area contributed by atoms with Crippen molar-refractivity contribution in [2.75, 3.05) is 18.4 Å². The highest BCUT2D eigenvalue weighted by atomic mass is 32.2. The summed E-state index contributed by atoms with van der Waals surface area (Å²) in [7, 11) is 0. The molecule has 1 unspecified atom stereocenters. The largest absolute Gasteiger partial charge is 0.335 e. The molecule has 0 spiro atoms. The second-order valence-corrected chi connectivity index (χ2v) is 5.87. The first kappa shape index (κ1) is 13.3. The van der Waals surface area contributed by atoms with E-state index in [2.05, 4.69) is 26.1 Å². The van der Waals surface area contributed by atoms with E-state index in [1.165, 1.54) is 0 Å². The van der Waals surface area contributed by atoms with Crippen molar-refractivity contribution in [2.24, 2.45) is 0 Å². The lowest BCUT2D eigenvalue weighted by molar-refractivity contribution is 0.245. The molecule has 0 aromatic carbocycles. The quantitative estimate of drug-likeness (QED) is 0.460. The van der Waals surface area contributed by atoms with E-state index < -0.39 is 11.1 Å². The Morgan fingerprint density at radius 2 is 2.17 bits per heavy atom. The van der Waals surface area contributed by atoms with E-state index in [0.29, 0.717) is 0 Å². The van der Waals surface area contributed by atoms with Crippen LogP contribution >= 0.6 is 11.3 Å². The van der Waals surface area contributed by atoms with E-state index in [-0.39, 0.29) is 21.5 Å². The van der Waals surface area contributed by atoms with Crippen LogP contribution in [0.1, 0.15) is 12.8 Å². The van der Waals surface area contributed by atoms with Gasteiger partial charge in [-0.05, 0) is 25.9 Å². The van der Waals surface area contributed by atoms with Gasteiger partial charge in [0.15, 0.2) is 0 Å². The normalized spacial score (nSPS) is 18.3. The Hall–Kier alpha value is -1.10. The van der Waals surface area contributed by atoms with E-state index in [9.17, 15) is 9.00 Å². The second kappa shape index (κ2) is 6.18. The number of amides is 2. The molecule has 0 saturated carbocycles. The average Bonchev–Trinajstić information content (AvgIpc) is 2.78. The maximum atomic E-state index is 11.6. The molecule has 1 aromatic heterocycles. The third kappa shape index (κ3) is 3.70. The van der Waals surface area contributed by atoms with Crippen LogP contribution in [0.4, 0.5) is 9.93 Å². The number of nitrogens with zero attached hydrogens (tertiary/aromatic N) is 2. The number of aromatic nitrogens is 2. The van der Waals surface area contributed by atoms with Crippen LogP contribution in [0.2, 0.25) is 0 Å². The van der Waals surface area contributed by atoms with Crippen LogP contribution < -0.4 is 16.0 Å². The maximum absolute atomic E-state index is 11.6. The molecule has 1 aromatic rings. The molecule has 100 valence electrons. The number of carbonyl (C=O) groups excluding carboxylic acids is 1. The molecule has 2 amide bonds. The molecule has 18 heavy (non-hydrogen) atoms. The fraction of sp³-hybridized carbons (Fsp3) is 0.625. The van der Waals surface area contributed by atoms with Crippen molar-refractivity contribution >= 4 is 33.6 Å². The van der Waals surface area contributed by atoms with Crippen molar-refractivity contribution in [3.63, 3.8) is 0 Å². The van der Waals surface area contributed by atoms with Crippen LogP contribution in [0.25, 0.3) is 0 Å². The summed E-state index contributed by atoms with van der Waals surface area (Å²) in [5.41, 5.74) is 0. The smallest absolute Gasteiger partial charge is 0.321 e. The van der Waals surface area contributed by atoms with Gasteiger partial charge in [0, 0.05) is 6.04 Å². The topological polar surface area (TPSA) is 116 Å². The third-order valence-electron chi connectivity index (χ3n) is 2.45. The number of carbonyl (C=O) groups is 1. The molecule has 2 heterocycles. The van der Waals surface area contributed by atoms with Gasteiger partial charge in [-0.2, -0.15) is 0 Å². The Morgan fingerprint density at radius 1 is 1.44 bits per heavy atom. The standard InChI is InChI=1S/C8H13N5O3S2/c14-6(10-5-1-3-9-4-2-5)11-7-12-13-8(17-7)18(15)16/h5,9H,1-4H2,(H,15,16)(H2,10,11,12,14). The summed E-state index contributed by atoms with van der Waals surface area (Å²) < 4.78 is 19.4. The van der Waals surface area contributed by atoms with Crippen LogP contribution in [0.5, 0.6) is 0 Å². The minimum absolute atomic E-state index is 0.0350. The summed E-state index contributed by atoms with van der Waals surface area (Å²) in [4.78, 5) is 11.6. The van der Waals surface area contributed by atoms with Crippen molar-refractivity contribution in [3.05, 3.63) is 0 Å². The van der Waals surface area contributed by atoms with Crippen molar-refractivity contribution in [3.8, 4) is 0 Å². The van der Waals surface area contributed by atoms with Gasteiger partial charge in [0.2, 0.25) is 20.6 Å². The number of hydrogen-bond acceptors (Lipinski definition) is 6. The number of nitrogens with one attached hydrogen (secondary N) is 3. The first-order valence-corrected chi connectivity index (χ1v) is 7.30. The van der Waals surface area contributed by atoms with Gasteiger partial charge in [0.05, 0.1) is 0 Å². The van der Waals surface area contributed by atoms with Gasteiger partial charge < -0.3 is 15.2 Å². The molecular weight excluding hydrogens is 278 g/mol. The number of piperidine rings is 1. The Morgan fingerprint density at radius 3 is 2.78 bits per heavy atom. The average molecular weight is 291 g/mol. The van der Waals surface area contributed by atoms with Gasteiger partial charge in [-0.1, -0.05) is 11.3 Å². The Balaban J connectivity index is 1.84. The molecule has 10 heteroatoms. The van der Waals surface area contributed by atoms with Crippen molar-refractivity contribution in [1.82, 2.24) is 20.8 Å². The second-order valence-electron chi connectivity index (χ2n) is 3.75. The van der Waals surface area contributed by atoms with Gasteiger partial charge in [0.25, 0.3) is 0 Å². The summed E-state index contributed by atoms with van der Waals surface area (Å²) in [6.45, 7) is 1.77. The zero-order chi connectivity index (χ0) is 13.0. The highest BCUT2D eigenvalue weighted by Crippen LogP contribution is 2.17. The number of urea groups is 1. The van der Waals surface area contributed by atoms with Gasteiger partial charge in [0.1, 0.15) is 0 Å². The van der Waals surface area contributed by atoms with Crippen LogP contribution in [-0.2, 0) is 11.1 Å². The molecule has 0 radical (unpaired) electrons. The molecule has 1 saturated heterocycles. The molecular formula is C8H13N5O3S2. The summed E-state index contributed by atoms with van der Waals surface area (Å²) >= 11 is -1.29. The summed E-state index contributed by atoms with van der Waals surface area (Å²) in [6.07, 6.45) is 1.77. The Bertz CT molecular complexity index is 446. The lowest BCUT2D eigenvalue weighted by Gasteiger charge is -2.23. The highest BCUT2D eigenvalue weighted by Gasteiger charge is 2.16. The molecule has 1 fully saturated rings. The summed E-state index contributed by atoms with van der Waals surface area (Å²) in [5, 5.41) is 15.8. The van der Waals surface area contributed by atoms with Crippen LogP contribution in [0.15, 0.2) is 4.34 Å². The molecule has 1 aliphatic heterocycles. The van der Waals surface area contributed by atoms with Crippen LogP contribution in [0.3, 0.4) is 0 Å². The van der Waals surface area contributed by atoms with Gasteiger partial charge in [-0.3, -0.25) is 5.32 Å². The first-order valence-electron chi connectivity index (χ1n) is 5.38. The lowest BCUT2D eigenvalue weighted by Crippen LogP contribution is -2.44. The van der Waals surface area contributed by atoms with Gasteiger partial charge in [-0.25, -0.2) is 9.00 Å². The predicted molar refractivity (Wildman–Crippen MR) is 67.0 cm³/mol. The minimum Gasteiger partial charge on any atom is -0.335 e. The zero-order valence-corrected chi connectivity index (χ0v) is 11.0. The molecule has 8 nitrogen and oxygen atoms in total. The van der Waals surface area contributed by atoms with E-state index in [4.69, 9.17) is 4.55 Å². The Kier molecular flexibility index (Phi) is 4.58. The molecule has 1 atom stereocenters. The molecule has 4 N–H and O–H groups in total. The molecule has 0 aliphatic carbocycles. The maximum Gasteiger partial charge on any atom is 0.321 e. The number of anilines is 1. The number of hydrogen-bond donors (Lipinski definition) is 4. The summed E-state index contributed by atoms with van der Waals surface area (Å²) in [5.74, 6) is 0. The Labute approximate surface area is 110 Å². The van der Waals surface area contributed by atoms with Crippen LogP contribution in [-0.4, -0.2) is 44.1 Å². The summed E-state index contributed by atoms with van der Waals surface area (Å²) in [6, 6.07) is -0.223. The van der Waals surface area contributed by atoms with E-state index in [1.807, 2.05) is 0 Å². The monoisotopic (exact) mass is 291 g/mol. The third-order valence-corrected chi connectivity index (χ3v) is 4.14. The predicted octanol–water partition coefficient (Wildman–Crippen LogP) is -0.00780. The van der Waals surface area contributed by atoms with E-state index >= 15 is 0 Å². The van der Waals surface area contributed by atoms with Crippen molar-refractivity contribution in [1.29, 1.82) is 0 Å². The fourth-order valence-electron chi connectivity index (χ4n) is 1.62. The zero-order valence-electron chi connectivity index (χ0n) is 9.38. The lowest BCUT2D eigenvalue weighted by atomic mass is 10.1. The minimum atomic E-state index is -2.16. The van der Waals surface area contributed by atoms with E-state index in [1.54, 1.807) is 0 Å². The highest BCUT2D eigenvalue weighted by molar-refractivity contribution is 7.81. The molecule has 1 aliphatic rings. The fourth-order valence-corrected chi connectivity index (χ4v) is 2.72. The molecule has 2 rings (SSSR count). The van der Waals surface area contributed by atoms with Gasteiger partial charge in [-0.15, -0.1) is 10.2 Å². The van der Waals surface area contributed by atoms with Gasteiger partial charge >= 0.3 is 6.03 Å². The number of rotatable bonds is 3. The SMILES string of the molecule is O=C(Nc1nnc(S(=O)O)s1)NC1CCNCC1. The van der Waals surface area contributed by atoms with Crippen LogP contribution in [0, 0.1) is 0 Å². The van der Waals surface area contributed by atoms with Crippen molar-refractivity contribution in [2.45, 2.75) is 23.2 Å². The first-order chi connectivity index (χ1) is 8.65. The molecule has 0 bridgehead atoms. The van der Waals surface area contributed by atoms with Crippen molar-refractivity contribution < 1.29 is 13.6 Å². The van der Waals surface area contributed by atoms with E-state index in [0.717, 1.165) is 37.3 Å².